The van der Waals surface area contributed by atoms with Gasteiger partial charge in [0.15, 0.2) is 0 Å². The van der Waals surface area contributed by atoms with Crippen LogP contribution in [0.3, 0.4) is 0 Å². The molecular weight excluding hydrogens is 499 g/mol. The number of nitrogens with zero attached hydrogens (tertiary/aromatic N) is 2. The van der Waals surface area contributed by atoms with Crippen LogP contribution in [0.2, 0.25) is 0 Å². The standard InChI is InChI=1S/C24H27F5N6O2/c1-30-12-23(25,26)6-7-31-14-3-4-15(9-14)34-22-33-11-18(24(27,28)29)20(35-22)17-10-32-19-8-13(21(36)37)2-5-16(17)19/h2,5,8,10-11,14-15,30-32H,3-4,6-7,9,12H2,1H3,(H,36,37)(H,33,34,35)/t14-,15-/m0/s1. The van der Waals surface area contributed by atoms with Crippen LogP contribution in [0, 0.1) is 0 Å². The minimum atomic E-state index is -4.71. The maximum Gasteiger partial charge on any atom is 0.419 e. The summed E-state index contributed by atoms with van der Waals surface area (Å²) in [6.45, 7) is -0.245. The lowest BCUT2D eigenvalue weighted by Gasteiger charge is -2.19. The topological polar surface area (TPSA) is 115 Å². The third-order valence-electron chi connectivity index (χ3n) is 6.40. The number of rotatable bonds is 10. The maximum absolute atomic E-state index is 13.8. The molecule has 1 saturated carbocycles. The van der Waals surface area contributed by atoms with E-state index < -0.39 is 30.2 Å². The van der Waals surface area contributed by atoms with Gasteiger partial charge >= 0.3 is 12.1 Å². The van der Waals surface area contributed by atoms with Crippen molar-refractivity contribution < 1.29 is 31.9 Å². The first-order chi connectivity index (χ1) is 17.5. The Morgan fingerprint density at radius 1 is 1.19 bits per heavy atom. The number of hydrogen-bond acceptors (Lipinski definition) is 6. The molecule has 1 aromatic carbocycles. The number of carboxylic acid groups (broad SMARTS) is 1. The van der Waals surface area contributed by atoms with Crippen molar-refractivity contribution in [3.8, 4) is 11.3 Å². The van der Waals surface area contributed by atoms with Crippen LogP contribution in [0.1, 0.15) is 41.6 Å². The summed E-state index contributed by atoms with van der Waals surface area (Å²) in [4.78, 5) is 22.1. The van der Waals surface area contributed by atoms with Crippen molar-refractivity contribution in [2.45, 2.75) is 49.9 Å². The number of fused-ring (bicyclic) bond motifs is 1. The number of anilines is 1. The first-order valence-electron chi connectivity index (χ1n) is 11.8. The maximum atomic E-state index is 13.8. The molecule has 0 radical (unpaired) electrons. The Labute approximate surface area is 209 Å². The number of hydrogen-bond donors (Lipinski definition) is 5. The second-order valence-electron chi connectivity index (χ2n) is 9.16. The Kier molecular flexibility index (Phi) is 7.64. The van der Waals surface area contributed by atoms with Gasteiger partial charge in [0.25, 0.3) is 5.92 Å². The van der Waals surface area contributed by atoms with Crippen LogP contribution in [0.25, 0.3) is 22.2 Å². The summed E-state index contributed by atoms with van der Waals surface area (Å²) >= 11 is 0. The van der Waals surface area contributed by atoms with E-state index in [1.54, 1.807) is 0 Å². The van der Waals surface area contributed by atoms with Crippen LogP contribution in [0.4, 0.5) is 27.9 Å². The van der Waals surface area contributed by atoms with Crippen LogP contribution in [-0.2, 0) is 6.18 Å². The highest BCUT2D eigenvalue weighted by Crippen LogP contribution is 2.39. The van der Waals surface area contributed by atoms with E-state index in [0.717, 1.165) is 12.6 Å². The van der Waals surface area contributed by atoms with Gasteiger partial charge in [0.05, 0.1) is 17.8 Å². The average Bonchev–Trinajstić information content (AvgIpc) is 3.44. The Hall–Kier alpha value is -3.32. The summed E-state index contributed by atoms with van der Waals surface area (Å²) in [5.74, 6) is -3.94. The number of aromatic nitrogens is 3. The lowest BCUT2D eigenvalue weighted by molar-refractivity contribution is -0.137. The van der Waals surface area contributed by atoms with Crippen molar-refractivity contribution in [1.29, 1.82) is 0 Å². The van der Waals surface area contributed by atoms with Gasteiger partial charge in [0.1, 0.15) is 5.56 Å². The molecule has 2 heterocycles. The van der Waals surface area contributed by atoms with Crippen molar-refractivity contribution in [1.82, 2.24) is 25.6 Å². The minimum Gasteiger partial charge on any atom is -0.478 e. The normalized spacial score (nSPS) is 18.4. The molecule has 0 saturated heterocycles. The molecule has 1 fully saturated rings. The van der Waals surface area contributed by atoms with Crippen LogP contribution < -0.4 is 16.0 Å². The number of carboxylic acids is 1. The van der Waals surface area contributed by atoms with Gasteiger partial charge in [0, 0.05) is 53.9 Å². The summed E-state index contributed by atoms with van der Waals surface area (Å²) in [6.07, 6.45) is -0.946. The van der Waals surface area contributed by atoms with Crippen LogP contribution in [0.15, 0.2) is 30.6 Å². The molecule has 13 heteroatoms. The number of benzene rings is 1. The molecule has 37 heavy (non-hydrogen) atoms. The predicted octanol–water partition coefficient (Wildman–Crippen LogP) is 4.51. The van der Waals surface area contributed by atoms with E-state index in [4.69, 9.17) is 0 Å². The molecule has 3 aromatic rings. The molecular formula is C24H27F5N6O2. The fourth-order valence-corrected chi connectivity index (χ4v) is 4.61. The molecule has 0 aliphatic heterocycles. The largest absolute Gasteiger partial charge is 0.478 e. The molecule has 1 aliphatic rings. The quantitative estimate of drug-likeness (QED) is 0.247. The number of aromatic amines is 1. The van der Waals surface area contributed by atoms with Crippen LogP contribution in [-0.4, -0.2) is 64.2 Å². The van der Waals surface area contributed by atoms with E-state index in [0.29, 0.717) is 23.7 Å². The Balaban J connectivity index is 1.50. The van der Waals surface area contributed by atoms with Gasteiger partial charge in [-0.3, -0.25) is 0 Å². The van der Waals surface area contributed by atoms with E-state index in [2.05, 4.69) is 30.9 Å². The molecule has 0 unspecified atom stereocenters. The minimum absolute atomic E-state index is 0.00265. The Morgan fingerprint density at radius 3 is 2.65 bits per heavy atom. The molecule has 5 N–H and O–H groups in total. The van der Waals surface area contributed by atoms with Crippen molar-refractivity contribution in [2.75, 3.05) is 25.5 Å². The molecule has 0 bridgehead atoms. The highest BCUT2D eigenvalue weighted by atomic mass is 19.4. The van der Waals surface area contributed by atoms with Gasteiger partial charge in [-0.05, 0) is 38.4 Å². The van der Waals surface area contributed by atoms with E-state index >= 15 is 0 Å². The highest BCUT2D eigenvalue weighted by molar-refractivity contribution is 5.99. The van der Waals surface area contributed by atoms with Gasteiger partial charge in [-0.25, -0.2) is 23.5 Å². The molecule has 8 nitrogen and oxygen atoms in total. The first-order valence-corrected chi connectivity index (χ1v) is 11.8. The van der Waals surface area contributed by atoms with E-state index in [-0.39, 0.29) is 47.8 Å². The van der Waals surface area contributed by atoms with Gasteiger partial charge < -0.3 is 26.0 Å². The van der Waals surface area contributed by atoms with Gasteiger partial charge in [-0.1, -0.05) is 6.07 Å². The number of aromatic carboxylic acids is 1. The number of H-pyrrole nitrogens is 1. The molecule has 200 valence electrons. The first kappa shape index (κ1) is 26.7. The number of carbonyl (C=O) groups is 1. The zero-order valence-electron chi connectivity index (χ0n) is 19.9. The van der Waals surface area contributed by atoms with Gasteiger partial charge in [0.2, 0.25) is 5.95 Å². The smallest absolute Gasteiger partial charge is 0.419 e. The lowest BCUT2D eigenvalue weighted by Crippen LogP contribution is -2.36. The van der Waals surface area contributed by atoms with Crippen LogP contribution >= 0.6 is 0 Å². The van der Waals surface area contributed by atoms with Crippen molar-refractivity contribution in [3.63, 3.8) is 0 Å². The number of halogens is 5. The second kappa shape index (κ2) is 10.6. The third kappa shape index (κ3) is 6.34. The van der Waals surface area contributed by atoms with E-state index in [1.807, 2.05) is 0 Å². The summed E-state index contributed by atoms with van der Waals surface area (Å²) in [6, 6.07) is 3.95. The fraction of sp³-hybridized carbons (Fsp3) is 0.458. The number of nitrogens with one attached hydrogen (secondary N) is 4. The van der Waals surface area contributed by atoms with Gasteiger partial charge in [-0.15, -0.1) is 0 Å². The zero-order chi connectivity index (χ0) is 26.8. The SMILES string of the molecule is CNCC(F)(F)CCN[C@H]1CC[C@H](Nc2ncc(C(F)(F)F)c(-c3c[nH]c4cc(C(=O)O)ccc34)n2)C1. The molecule has 4 rings (SSSR count). The summed E-state index contributed by atoms with van der Waals surface area (Å²) in [7, 11) is 1.47. The van der Waals surface area contributed by atoms with E-state index in [9.17, 15) is 31.9 Å². The second-order valence-corrected chi connectivity index (χ2v) is 9.16. The number of alkyl halides is 5. The van der Waals surface area contributed by atoms with Crippen LogP contribution in [0.5, 0.6) is 0 Å². The highest BCUT2D eigenvalue weighted by Gasteiger charge is 2.36. The molecule has 0 amide bonds. The Morgan fingerprint density at radius 2 is 1.95 bits per heavy atom. The summed E-state index contributed by atoms with van der Waals surface area (Å²) in [5, 5.41) is 18.2. The summed E-state index contributed by atoms with van der Waals surface area (Å²) < 4.78 is 68.7. The molecule has 0 spiro atoms. The van der Waals surface area contributed by atoms with Crippen molar-refractivity contribution in [2.24, 2.45) is 0 Å². The third-order valence-corrected chi connectivity index (χ3v) is 6.40. The zero-order valence-corrected chi connectivity index (χ0v) is 19.9. The average molecular weight is 527 g/mol. The monoisotopic (exact) mass is 526 g/mol. The lowest BCUT2D eigenvalue weighted by atomic mass is 10.0. The molecule has 2 atom stereocenters. The van der Waals surface area contributed by atoms with Gasteiger partial charge in [-0.2, -0.15) is 13.2 Å². The summed E-state index contributed by atoms with van der Waals surface area (Å²) in [5.41, 5.74) is -0.829. The van der Waals surface area contributed by atoms with Crippen molar-refractivity contribution >= 4 is 22.8 Å². The van der Waals surface area contributed by atoms with Crippen molar-refractivity contribution in [3.05, 3.63) is 41.7 Å². The molecule has 2 aromatic heterocycles. The predicted molar refractivity (Wildman–Crippen MR) is 128 cm³/mol. The Bertz CT molecular complexity index is 1260. The fourth-order valence-electron chi connectivity index (χ4n) is 4.61. The van der Waals surface area contributed by atoms with E-state index in [1.165, 1.54) is 31.4 Å². The molecule has 1 aliphatic carbocycles.